The number of benzene rings is 1. The first kappa shape index (κ1) is 18.7. The molecule has 0 spiro atoms. The van der Waals surface area contributed by atoms with Crippen molar-refractivity contribution in [2.45, 2.75) is 46.1 Å². The second kappa shape index (κ2) is 7.96. The minimum atomic E-state index is -0.582. The van der Waals surface area contributed by atoms with Crippen molar-refractivity contribution in [1.82, 2.24) is 0 Å². The molecular formula is C19H21FN2O3. The van der Waals surface area contributed by atoms with Crippen LogP contribution in [0, 0.1) is 15.9 Å². The number of nitro benzene ring substituents is 1. The molecule has 1 heterocycles. The highest BCUT2D eigenvalue weighted by molar-refractivity contribution is 6.41. The fraction of sp³-hybridized carbons (Fsp3) is 0.368. The Morgan fingerprint density at radius 2 is 2.16 bits per heavy atom. The van der Waals surface area contributed by atoms with Gasteiger partial charge in [-0.3, -0.25) is 19.9 Å². The van der Waals surface area contributed by atoms with Crippen molar-refractivity contribution in [2.75, 3.05) is 0 Å². The maximum absolute atomic E-state index is 14.3. The maximum Gasteiger partial charge on any atom is 0.270 e. The fourth-order valence-electron chi connectivity index (χ4n) is 2.80. The van der Waals surface area contributed by atoms with Gasteiger partial charge < -0.3 is 0 Å². The van der Waals surface area contributed by atoms with Gasteiger partial charge in [0.05, 0.1) is 16.7 Å². The summed E-state index contributed by atoms with van der Waals surface area (Å²) in [4.78, 5) is 27.4. The molecule has 0 amide bonds. The predicted molar refractivity (Wildman–Crippen MR) is 96.2 cm³/mol. The molecule has 6 heteroatoms. The van der Waals surface area contributed by atoms with E-state index < -0.39 is 10.7 Å². The van der Waals surface area contributed by atoms with E-state index in [9.17, 15) is 19.3 Å². The van der Waals surface area contributed by atoms with Gasteiger partial charge in [-0.25, -0.2) is 4.39 Å². The molecule has 0 N–H and O–H groups in total. The Bertz CT molecular complexity index is 794. The summed E-state index contributed by atoms with van der Waals surface area (Å²) in [5.41, 5.74) is 1.17. The molecule has 0 bridgehead atoms. The molecule has 0 fully saturated rings. The van der Waals surface area contributed by atoms with Gasteiger partial charge in [0.1, 0.15) is 5.82 Å². The molecule has 1 atom stereocenters. The molecular weight excluding hydrogens is 323 g/mol. The van der Waals surface area contributed by atoms with E-state index in [1.807, 2.05) is 13.8 Å². The van der Waals surface area contributed by atoms with Crippen LogP contribution in [0.4, 0.5) is 10.1 Å². The van der Waals surface area contributed by atoms with Crippen LogP contribution in [-0.2, 0) is 4.79 Å². The number of nitrogens with zero attached hydrogens (tertiary/aromatic N) is 2. The summed E-state index contributed by atoms with van der Waals surface area (Å²) in [6, 6.07) is 3.18. The van der Waals surface area contributed by atoms with Gasteiger partial charge in [0.25, 0.3) is 5.69 Å². The Hall–Kier alpha value is -2.63. The van der Waals surface area contributed by atoms with Crippen molar-refractivity contribution in [3.63, 3.8) is 0 Å². The number of carbonyl (C=O) groups is 1. The molecule has 1 aliphatic heterocycles. The van der Waals surface area contributed by atoms with E-state index >= 15 is 0 Å². The van der Waals surface area contributed by atoms with Gasteiger partial charge >= 0.3 is 0 Å². The van der Waals surface area contributed by atoms with Crippen LogP contribution < -0.4 is 0 Å². The number of allylic oxidation sites excluding steroid dienone is 3. The number of unbranched alkanes of at least 4 members (excludes halogenated alkanes) is 1. The lowest BCUT2D eigenvalue weighted by molar-refractivity contribution is -0.384. The van der Waals surface area contributed by atoms with E-state index in [2.05, 4.69) is 4.99 Å². The van der Waals surface area contributed by atoms with Gasteiger partial charge in [-0.15, -0.1) is 0 Å². The highest BCUT2D eigenvalue weighted by Gasteiger charge is 2.27. The van der Waals surface area contributed by atoms with Crippen LogP contribution in [0.3, 0.4) is 0 Å². The first-order valence-electron chi connectivity index (χ1n) is 8.33. The fourth-order valence-corrected chi connectivity index (χ4v) is 2.80. The van der Waals surface area contributed by atoms with E-state index in [4.69, 9.17) is 0 Å². The van der Waals surface area contributed by atoms with Crippen LogP contribution >= 0.6 is 0 Å². The molecule has 1 aromatic carbocycles. The number of rotatable bonds is 7. The molecule has 25 heavy (non-hydrogen) atoms. The molecule has 1 unspecified atom stereocenters. The van der Waals surface area contributed by atoms with Crippen molar-refractivity contribution < 1.29 is 14.1 Å². The third-order valence-corrected chi connectivity index (χ3v) is 4.05. The van der Waals surface area contributed by atoms with Crippen LogP contribution in [0.15, 0.2) is 40.9 Å². The van der Waals surface area contributed by atoms with E-state index in [-0.39, 0.29) is 23.1 Å². The second-order valence-electron chi connectivity index (χ2n) is 5.95. The van der Waals surface area contributed by atoms with Crippen molar-refractivity contribution in [1.29, 1.82) is 0 Å². The number of carbonyl (C=O) groups excluding carboxylic acids is 1. The normalized spacial score (nSPS) is 17.3. The number of halogens is 1. The maximum atomic E-state index is 14.3. The molecule has 5 nitrogen and oxygen atoms in total. The highest BCUT2D eigenvalue weighted by Crippen LogP contribution is 2.30. The summed E-state index contributed by atoms with van der Waals surface area (Å²) >= 11 is 0. The lowest BCUT2D eigenvalue weighted by Gasteiger charge is -2.12. The zero-order valence-corrected chi connectivity index (χ0v) is 14.6. The standard InChI is InChI=1S/C19H21FN2O3/c1-4-6-7-18(23)16-10-12(3)21-19(16)14(5-2)15-11-13(22(24)25)8-9-17(15)20/h5,8-12H,4,6-7H2,1-3H3/b14-5-. The predicted octanol–water partition coefficient (Wildman–Crippen LogP) is 4.67. The zero-order valence-electron chi connectivity index (χ0n) is 14.6. The number of Topliss-reactive ketones (excluding diaryl/α,β-unsaturated/α-hetero) is 1. The first-order valence-corrected chi connectivity index (χ1v) is 8.33. The summed E-state index contributed by atoms with van der Waals surface area (Å²) in [7, 11) is 0. The third kappa shape index (κ3) is 4.07. The van der Waals surface area contributed by atoms with E-state index in [1.54, 1.807) is 19.1 Å². The van der Waals surface area contributed by atoms with Crippen molar-refractivity contribution in [2.24, 2.45) is 4.99 Å². The first-order chi connectivity index (χ1) is 11.9. The van der Waals surface area contributed by atoms with Crippen LogP contribution in [0.5, 0.6) is 0 Å². The summed E-state index contributed by atoms with van der Waals surface area (Å²) in [6.45, 7) is 5.55. The van der Waals surface area contributed by atoms with Crippen LogP contribution in [0.1, 0.15) is 45.6 Å². The van der Waals surface area contributed by atoms with Gasteiger partial charge in [0.15, 0.2) is 5.78 Å². The smallest absolute Gasteiger partial charge is 0.270 e. The number of non-ortho nitro benzene ring substituents is 1. The quantitative estimate of drug-likeness (QED) is 0.533. The number of hydrogen-bond acceptors (Lipinski definition) is 4. The van der Waals surface area contributed by atoms with Gasteiger partial charge in [0, 0.05) is 35.3 Å². The van der Waals surface area contributed by atoms with Crippen molar-refractivity contribution in [3.8, 4) is 0 Å². The van der Waals surface area contributed by atoms with E-state index in [1.165, 1.54) is 6.07 Å². The minimum absolute atomic E-state index is 0.0323. The zero-order chi connectivity index (χ0) is 18.6. The summed E-state index contributed by atoms with van der Waals surface area (Å²) in [6.07, 6.45) is 5.49. The third-order valence-electron chi connectivity index (χ3n) is 4.05. The molecule has 132 valence electrons. The summed E-state index contributed by atoms with van der Waals surface area (Å²) in [5.74, 6) is -0.614. The molecule has 2 rings (SSSR count). The summed E-state index contributed by atoms with van der Waals surface area (Å²) < 4.78 is 14.3. The van der Waals surface area contributed by atoms with Gasteiger partial charge in [-0.05, 0) is 32.4 Å². The Morgan fingerprint density at radius 3 is 2.76 bits per heavy atom. The number of nitro groups is 1. The second-order valence-corrected chi connectivity index (χ2v) is 5.95. The van der Waals surface area contributed by atoms with E-state index in [0.29, 0.717) is 23.3 Å². The molecule has 0 radical (unpaired) electrons. The Kier molecular flexibility index (Phi) is 5.96. The molecule has 0 aliphatic carbocycles. The Balaban J connectivity index is 2.46. The lowest BCUT2D eigenvalue weighted by atomic mass is 9.92. The lowest BCUT2D eigenvalue weighted by Crippen LogP contribution is -2.13. The van der Waals surface area contributed by atoms with Crippen LogP contribution in [0.25, 0.3) is 5.57 Å². The molecule has 1 aromatic rings. The molecule has 0 saturated heterocycles. The van der Waals surface area contributed by atoms with Gasteiger partial charge in [-0.2, -0.15) is 0 Å². The average molecular weight is 344 g/mol. The number of ketones is 1. The Morgan fingerprint density at radius 1 is 1.44 bits per heavy atom. The van der Waals surface area contributed by atoms with Crippen LogP contribution in [-0.4, -0.2) is 22.5 Å². The molecule has 0 aromatic heterocycles. The minimum Gasteiger partial charge on any atom is -0.294 e. The topological polar surface area (TPSA) is 72.6 Å². The van der Waals surface area contributed by atoms with Gasteiger partial charge in [0.2, 0.25) is 0 Å². The monoisotopic (exact) mass is 344 g/mol. The molecule has 0 saturated carbocycles. The largest absolute Gasteiger partial charge is 0.294 e. The number of aliphatic imine (C=N–C) groups is 1. The Labute approximate surface area is 146 Å². The van der Waals surface area contributed by atoms with E-state index in [0.717, 1.165) is 25.0 Å². The van der Waals surface area contributed by atoms with Gasteiger partial charge in [-0.1, -0.05) is 19.4 Å². The SMILES string of the molecule is C/C=C(\C1=NC(C)C=C1C(=O)CCCC)c1cc([N+](=O)[O-])ccc1F. The number of hydrogen-bond donors (Lipinski definition) is 0. The molecule has 1 aliphatic rings. The van der Waals surface area contributed by atoms with Crippen molar-refractivity contribution >= 4 is 22.8 Å². The average Bonchev–Trinajstić information content (AvgIpc) is 2.96. The van der Waals surface area contributed by atoms with Crippen LogP contribution in [0.2, 0.25) is 0 Å². The van der Waals surface area contributed by atoms with Crippen molar-refractivity contribution in [3.05, 3.63) is 57.4 Å². The highest BCUT2D eigenvalue weighted by atomic mass is 19.1. The summed E-state index contributed by atoms with van der Waals surface area (Å²) in [5, 5.41) is 11.0.